The van der Waals surface area contributed by atoms with Crippen LogP contribution >= 0.6 is 0 Å². The molecule has 0 saturated carbocycles. The van der Waals surface area contributed by atoms with Crippen LogP contribution in [0.3, 0.4) is 0 Å². The summed E-state index contributed by atoms with van der Waals surface area (Å²) in [5, 5.41) is 8.49. The molecule has 3 aromatic rings. The predicted molar refractivity (Wildman–Crippen MR) is 129 cm³/mol. The normalized spacial score (nSPS) is 10.5. The van der Waals surface area contributed by atoms with Crippen LogP contribution < -0.4 is 10.4 Å². The highest BCUT2D eigenvalue weighted by Crippen LogP contribution is 2.32. The molecule has 0 aliphatic rings. The smallest absolute Gasteiger partial charge is 0.253 e. The van der Waals surface area contributed by atoms with Gasteiger partial charge < -0.3 is 4.90 Å². The largest absolute Gasteiger partial charge is 0.342 e. The van der Waals surface area contributed by atoms with Crippen molar-refractivity contribution in [2.45, 2.75) is 32.1 Å². The molecule has 7 heteroatoms. The number of pyridine rings is 1. The van der Waals surface area contributed by atoms with Gasteiger partial charge in [0.05, 0.1) is 0 Å². The summed E-state index contributed by atoms with van der Waals surface area (Å²) in [5.41, 5.74) is 4.18. The van der Waals surface area contributed by atoms with Gasteiger partial charge in [0.2, 0.25) is 5.91 Å². The summed E-state index contributed by atoms with van der Waals surface area (Å²) in [6, 6.07) is 23.4. The molecule has 172 valence electrons. The van der Waals surface area contributed by atoms with Crippen LogP contribution in [-0.2, 0) is 4.79 Å². The predicted octanol–water partition coefficient (Wildman–Crippen LogP) is 5.08. The molecule has 0 radical (unpaired) electrons. The minimum absolute atomic E-state index is 0.0229. The minimum Gasteiger partial charge on any atom is -0.342 e. The highest BCUT2D eigenvalue weighted by atomic mass is 16.5. The summed E-state index contributed by atoms with van der Waals surface area (Å²) in [5.74, 6) is 0.418. The Hall–Kier alpha value is -3.71. The van der Waals surface area contributed by atoms with Crippen LogP contribution in [0.4, 0.5) is 17.2 Å². The molecule has 33 heavy (non-hydrogen) atoms. The maximum absolute atomic E-state index is 12.8. The standard InChI is InChI=1S/C26H30N4O3/c1-29(20-10-3-2-7-14-25(31)28-33)26(32)21-15-17-23(18-16-21)30(22-11-5-4-6-12-22)24-13-8-9-19-27-24/h4-6,8-9,11-13,15-19,33H,2-3,7,10,14,20H2,1H3,(H,28,31). The van der Waals surface area contributed by atoms with Crippen molar-refractivity contribution in [3.63, 3.8) is 0 Å². The fraction of sp³-hybridized carbons (Fsp3) is 0.269. The van der Waals surface area contributed by atoms with Gasteiger partial charge in [0, 0.05) is 43.1 Å². The summed E-state index contributed by atoms with van der Waals surface area (Å²) in [6.07, 6.45) is 5.47. The zero-order valence-corrected chi connectivity index (χ0v) is 18.9. The van der Waals surface area contributed by atoms with Gasteiger partial charge in [0.25, 0.3) is 5.91 Å². The maximum atomic E-state index is 12.8. The first-order chi connectivity index (χ1) is 16.1. The van der Waals surface area contributed by atoms with Gasteiger partial charge in [0.15, 0.2) is 0 Å². The third-order valence-corrected chi connectivity index (χ3v) is 5.38. The molecule has 0 bridgehead atoms. The van der Waals surface area contributed by atoms with E-state index in [4.69, 9.17) is 5.21 Å². The minimum atomic E-state index is -0.361. The average molecular weight is 447 g/mol. The molecule has 7 nitrogen and oxygen atoms in total. The Labute approximate surface area is 194 Å². The Morgan fingerprint density at radius 2 is 1.52 bits per heavy atom. The second kappa shape index (κ2) is 12.4. The van der Waals surface area contributed by atoms with Crippen LogP contribution in [0, 0.1) is 0 Å². The van der Waals surface area contributed by atoms with Gasteiger partial charge in [-0.3, -0.25) is 19.7 Å². The summed E-state index contributed by atoms with van der Waals surface area (Å²) in [7, 11) is 1.81. The van der Waals surface area contributed by atoms with Crippen molar-refractivity contribution in [2.75, 3.05) is 18.5 Å². The molecule has 2 N–H and O–H groups in total. The number of unbranched alkanes of at least 4 members (excludes halogenated alkanes) is 3. The molecular formula is C26H30N4O3. The van der Waals surface area contributed by atoms with E-state index < -0.39 is 0 Å². The number of hydrogen-bond donors (Lipinski definition) is 2. The Bertz CT molecular complexity index is 971. The monoisotopic (exact) mass is 446 g/mol. The Balaban J connectivity index is 1.61. The lowest BCUT2D eigenvalue weighted by atomic mass is 10.1. The number of carbonyl (C=O) groups is 2. The van der Waals surface area contributed by atoms with Crippen LogP contribution in [0.1, 0.15) is 42.5 Å². The summed E-state index contributed by atoms with van der Waals surface area (Å²) in [6.45, 7) is 0.650. The van der Waals surface area contributed by atoms with Crippen molar-refractivity contribution < 1.29 is 14.8 Å². The first-order valence-electron chi connectivity index (χ1n) is 11.1. The molecule has 2 aromatic carbocycles. The second-order valence-corrected chi connectivity index (χ2v) is 7.83. The Morgan fingerprint density at radius 1 is 0.848 bits per heavy atom. The zero-order valence-electron chi connectivity index (χ0n) is 18.9. The topological polar surface area (TPSA) is 85.8 Å². The number of nitrogens with zero attached hydrogens (tertiary/aromatic N) is 3. The van der Waals surface area contributed by atoms with E-state index in [1.165, 1.54) is 0 Å². The van der Waals surface area contributed by atoms with Crippen molar-refractivity contribution in [1.29, 1.82) is 0 Å². The number of hydroxylamine groups is 1. The van der Waals surface area contributed by atoms with E-state index in [0.717, 1.165) is 42.9 Å². The summed E-state index contributed by atoms with van der Waals surface area (Å²) in [4.78, 5) is 32.1. The summed E-state index contributed by atoms with van der Waals surface area (Å²) < 4.78 is 0. The average Bonchev–Trinajstić information content (AvgIpc) is 2.87. The SMILES string of the molecule is CN(CCCCCCC(=O)NO)C(=O)c1ccc(N(c2ccccc2)c2ccccn2)cc1. The number of nitrogens with one attached hydrogen (secondary N) is 1. The van der Waals surface area contributed by atoms with E-state index in [-0.39, 0.29) is 11.8 Å². The van der Waals surface area contributed by atoms with Gasteiger partial charge >= 0.3 is 0 Å². The van der Waals surface area contributed by atoms with Crippen LogP contribution in [0.15, 0.2) is 79.0 Å². The van der Waals surface area contributed by atoms with E-state index in [2.05, 4.69) is 9.88 Å². The highest BCUT2D eigenvalue weighted by Gasteiger charge is 2.15. The van der Waals surface area contributed by atoms with E-state index in [1.54, 1.807) is 23.6 Å². The number of rotatable bonds is 11. The zero-order chi connectivity index (χ0) is 23.5. The van der Waals surface area contributed by atoms with Crippen molar-refractivity contribution >= 4 is 29.0 Å². The van der Waals surface area contributed by atoms with E-state index >= 15 is 0 Å². The molecule has 3 rings (SSSR count). The lowest BCUT2D eigenvalue weighted by Crippen LogP contribution is -2.27. The number of benzene rings is 2. The Morgan fingerprint density at radius 3 is 2.18 bits per heavy atom. The molecule has 0 unspecified atom stereocenters. The highest BCUT2D eigenvalue weighted by molar-refractivity contribution is 5.94. The van der Waals surface area contributed by atoms with Gasteiger partial charge in [-0.2, -0.15) is 0 Å². The molecule has 1 heterocycles. The lowest BCUT2D eigenvalue weighted by Gasteiger charge is -2.24. The lowest BCUT2D eigenvalue weighted by molar-refractivity contribution is -0.129. The van der Waals surface area contributed by atoms with Gasteiger partial charge in [0.1, 0.15) is 5.82 Å². The van der Waals surface area contributed by atoms with Gasteiger partial charge in [-0.05, 0) is 61.4 Å². The van der Waals surface area contributed by atoms with Crippen molar-refractivity contribution in [3.8, 4) is 0 Å². The molecular weight excluding hydrogens is 416 g/mol. The summed E-state index contributed by atoms with van der Waals surface area (Å²) >= 11 is 0. The first kappa shape index (κ1) is 23.9. The fourth-order valence-corrected chi connectivity index (χ4v) is 3.60. The third-order valence-electron chi connectivity index (χ3n) is 5.38. The van der Waals surface area contributed by atoms with Crippen molar-refractivity contribution in [3.05, 3.63) is 84.6 Å². The van der Waals surface area contributed by atoms with E-state index in [9.17, 15) is 9.59 Å². The van der Waals surface area contributed by atoms with Crippen LogP contribution in [0.2, 0.25) is 0 Å². The maximum Gasteiger partial charge on any atom is 0.253 e. The van der Waals surface area contributed by atoms with Crippen molar-refractivity contribution in [1.82, 2.24) is 15.4 Å². The molecule has 2 amide bonds. The number of amides is 2. The first-order valence-corrected chi connectivity index (χ1v) is 11.1. The van der Waals surface area contributed by atoms with Gasteiger partial charge in [-0.25, -0.2) is 10.5 Å². The Kier molecular flexibility index (Phi) is 8.97. The molecule has 1 aromatic heterocycles. The third kappa shape index (κ3) is 6.89. The molecule has 0 spiro atoms. The quantitative estimate of drug-likeness (QED) is 0.244. The van der Waals surface area contributed by atoms with Crippen LogP contribution in [-0.4, -0.2) is 40.5 Å². The van der Waals surface area contributed by atoms with E-state index in [0.29, 0.717) is 18.5 Å². The van der Waals surface area contributed by atoms with E-state index in [1.807, 2.05) is 72.8 Å². The fourth-order valence-electron chi connectivity index (χ4n) is 3.60. The second-order valence-electron chi connectivity index (χ2n) is 7.83. The number of hydrogen-bond acceptors (Lipinski definition) is 5. The van der Waals surface area contributed by atoms with Gasteiger partial charge in [-0.1, -0.05) is 37.1 Å². The number of para-hydroxylation sites is 1. The van der Waals surface area contributed by atoms with Crippen LogP contribution in [0.25, 0.3) is 0 Å². The molecule has 0 aliphatic carbocycles. The number of carbonyl (C=O) groups excluding carboxylic acids is 2. The number of aromatic nitrogens is 1. The molecule has 0 atom stereocenters. The van der Waals surface area contributed by atoms with Crippen molar-refractivity contribution in [2.24, 2.45) is 0 Å². The van der Waals surface area contributed by atoms with Gasteiger partial charge in [-0.15, -0.1) is 0 Å². The number of anilines is 3. The molecule has 0 saturated heterocycles. The molecule has 0 fully saturated rings. The van der Waals surface area contributed by atoms with Crippen LogP contribution in [0.5, 0.6) is 0 Å². The molecule has 0 aliphatic heterocycles.